The van der Waals surface area contributed by atoms with Crippen molar-refractivity contribution in [2.75, 3.05) is 19.8 Å². The number of benzene rings is 1. The molecule has 1 saturated heterocycles. The van der Waals surface area contributed by atoms with Crippen molar-refractivity contribution < 1.29 is 14.3 Å². The van der Waals surface area contributed by atoms with Gasteiger partial charge < -0.3 is 14.8 Å². The second-order valence-electron chi connectivity index (χ2n) is 3.86. The van der Waals surface area contributed by atoms with Gasteiger partial charge in [-0.05, 0) is 19.1 Å². The number of carbonyl (C=O) groups excluding carboxylic acids is 1. The Hall–Kier alpha value is -1.55. The van der Waals surface area contributed by atoms with Crippen molar-refractivity contribution in [3.05, 3.63) is 29.8 Å². The van der Waals surface area contributed by atoms with Gasteiger partial charge in [-0.1, -0.05) is 17.7 Å². The average Bonchev–Trinajstić information content (AvgIpc) is 3.09. The third-order valence-corrected chi connectivity index (χ3v) is 2.32. The predicted molar refractivity (Wildman–Crippen MR) is 59.4 cm³/mol. The summed E-state index contributed by atoms with van der Waals surface area (Å²) >= 11 is 0. The summed E-state index contributed by atoms with van der Waals surface area (Å²) in [7, 11) is 0. The van der Waals surface area contributed by atoms with Crippen LogP contribution in [0.25, 0.3) is 0 Å². The molecule has 1 heterocycles. The molecule has 1 fully saturated rings. The average molecular weight is 221 g/mol. The normalized spacial score (nSPS) is 17.9. The zero-order chi connectivity index (χ0) is 11.4. The standard InChI is InChI=1S/C12H15NO3/c1-9-2-4-10(5-3-9)16-8-12(14)13-6-11-7-15-11/h2-5,11H,6-8H2,1H3,(H,13,14)/t11-/m1/s1. The van der Waals surface area contributed by atoms with E-state index in [2.05, 4.69) is 5.32 Å². The number of rotatable bonds is 5. The molecule has 0 aromatic heterocycles. The summed E-state index contributed by atoms with van der Waals surface area (Å²) in [5.41, 5.74) is 1.17. The molecular weight excluding hydrogens is 206 g/mol. The molecule has 1 N–H and O–H groups in total. The van der Waals surface area contributed by atoms with Crippen LogP contribution in [0.15, 0.2) is 24.3 Å². The van der Waals surface area contributed by atoms with Crippen LogP contribution in [0, 0.1) is 6.92 Å². The molecule has 1 amide bonds. The third-order valence-electron chi connectivity index (χ3n) is 2.32. The van der Waals surface area contributed by atoms with Crippen LogP contribution < -0.4 is 10.1 Å². The van der Waals surface area contributed by atoms with Crippen molar-refractivity contribution in [3.63, 3.8) is 0 Å². The van der Waals surface area contributed by atoms with Crippen LogP contribution in [0.3, 0.4) is 0 Å². The number of amides is 1. The van der Waals surface area contributed by atoms with E-state index in [0.717, 1.165) is 6.61 Å². The van der Waals surface area contributed by atoms with Crippen molar-refractivity contribution >= 4 is 5.91 Å². The SMILES string of the molecule is Cc1ccc(OCC(=O)NC[C@@H]2CO2)cc1. The smallest absolute Gasteiger partial charge is 0.258 e. The highest BCUT2D eigenvalue weighted by Gasteiger charge is 2.22. The van der Waals surface area contributed by atoms with Crippen LogP contribution in [0.5, 0.6) is 5.75 Å². The van der Waals surface area contributed by atoms with Crippen molar-refractivity contribution in [1.82, 2.24) is 5.32 Å². The first-order chi connectivity index (χ1) is 7.74. The van der Waals surface area contributed by atoms with Gasteiger partial charge in [0.25, 0.3) is 5.91 Å². The number of aryl methyl sites for hydroxylation is 1. The second kappa shape index (κ2) is 4.99. The summed E-state index contributed by atoms with van der Waals surface area (Å²) in [6.07, 6.45) is 0.211. The van der Waals surface area contributed by atoms with Crippen LogP contribution >= 0.6 is 0 Å². The molecule has 1 aromatic rings. The number of hydrogen-bond acceptors (Lipinski definition) is 3. The number of epoxide rings is 1. The molecular formula is C12H15NO3. The van der Waals surface area contributed by atoms with E-state index >= 15 is 0 Å². The third kappa shape index (κ3) is 3.55. The lowest BCUT2D eigenvalue weighted by molar-refractivity contribution is -0.123. The number of carbonyl (C=O) groups is 1. The lowest BCUT2D eigenvalue weighted by Crippen LogP contribution is -2.31. The highest BCUT2D eigenvalue weighted by molar-refractivity contribution is 5.77. The van der Waals surface area contributed by atoms with Crippen LogP contribution in [-0.2, 0) is 9.53 Å². The van der Waals surface area contributed by atoms with Crippen LogP contribution in [0.4, 0.5) is 0 Å². The van der Waals surface area contributed by atoms with Gasteiger partial charge in [-0.25, -0.2) is 0 Å². The highest BCUT2D eigenvalue weighted by Crippen LogP contribution is 2.11. The Kier molecular flexibility index (Phi) is 3.41. The summed E-state index contributed by atoms with van der Waals surface area (Å²) in [6.45, 7) is 3.39. The highest BCUT2D eigenvalue weighted by atomic mass is 16.6. The number of nitrogens with one attached hydrogen (secondary N) is 1. The van der Waals surface area contributed by atoms with Crippen LogP contribution in [0.1, 0.15) is 5.56 Å². The minimum absolute atomic E-state index is 0.0514. The van der Waals surface area contributed by atoms with Gasteiger partial charge in [0.05, 0.1) is 12.7 Å². The first kappa shape index (κ1) is 11.0. The lowest BCUT2D eigenvalue weighted by Gasteiger charge is -2.06. The van der Waals surface area contributed by atoms with Gasteiger partial charge in [-0.15, -0.1) is 0 Å². The first-order valence-electron chi connectivity index (χ1n) is 5.32. The van der Waals surface area contributed by atoms with E-state index in [0.29, 0.717) is 12.3 Å². The Morgan fingerprint density at radius 1 is 1.50 bits per heavy atom. The fourth-order valence-corrected chi connectivity index (χ4v) is 1.25. The molecule has 16 heavy (non-hydrogen) atoms. The van der Waals surface area contributed by atoms with Gasteiger partial charge in [-0.2, -0.15) is 0 Å². The van der Waals surface area contributed by atoms with E-state index in [1.165, 1.54) is 5.56 Å². The largest absolute Gasteiger partial charge is 0.484 e. The Bertz CT molecular complexity index is 357. The summed E-state index contributed by atoms with van der Waals surface area (Å²) in [6, 6.07) is 7.61. The summed E-state index contributed by atoms with van der Waals surface area (Å²) in [5, 5.41) is 2.74. The molecule has 1 aliphatic heterocycles. The second-order valence-corrected chi connectivity index (χ2v) is 3.86. The van der Waals surface area contributed by atoms with E-state index in [1.807, 2.05) is 31.2 Å². The topological polar surface area (TPSA) is 50.9 Å². The summed E-state index contributed by atoms with van der Waals surface area (Å²) < 4.78 is 10.3. The van der Waals surface area contributed by atoms with Gasteiger partial charge in [0.2, 0.25) is 0 Å². The maximum absolute atomic E-state index is 11.3. The molecule has 1 atom stereocenters. The quantitative estimate of drug-likeness (QED) is 0.751. The Labute approximate surface area is 94.6 Å². The predicted octanol–water partition coefficient (Wildman–Crippen LogP) is 0.889. The Morgan fingerprint density at radius 3 is 2.81 bits per heavy atom. The zero-order valence-electron chi connectivity index (χ0n) is 9.23. The molecule has 0 unspecified atom stereocenters. The van der Waals surface area contributed by atoms with Gasteiger partial charge in [0, 0.05) is 6.54 Å². The Balaban J connectivity index is 1.69. The van der Waals surface area contributed by atoms with E-state index in [4.69, 9.17) is 9.47 Å². The maximum atomic E-state index is 11.3. The van der Waals surface area contributed by atoms with Gasteiger partial charge >= 0.3 is 0 Å². The molecule has 0 radical (unpaired) electrons. The first-order valence-corrected chi connectivity index (χ1v) is 5.32. The fourth-order valence-electron chi connectivity index (χ4n) is 1.25. The summed E-state index contributed by atoms with van der Waals surface area (Å²) in [5.74, 6) is 0.597. The molecule has 2 rings (SSSR count). The Morgan fingerprint density at radius 2 is 2.19 bits per heavy atom. The van der Waals surface area contributed by atoms with E-state index in [-0.39, 0.29) is 18.6 Å². The monoisotopic (exact) mass is 221 g/mol. The summed E-state index contributed by atoms with van der Waals surface area (Å²) in [4.78, 5) is 11.3. The zero-order valence-corrected chi connectivity index (χ0v) is 9.23. The molecule has 4 heteroatoms. The van der Waals surface area contributed by atoms with E-state index in [1.54, 1.807) is 0 Å². The molecule has 0 spiro atoms. The van der Waals surface area contributed by atoms with E-state index < -0.39 is 0 Å². The molecule has 0 aliphatic carbocycles. The van der Waals surface area contributed by atoms with Crippen molar-refractivity contribution in [1.29, 1.82) is 0 Å². The fraction of sp³-hybridized carbons (Fsp3) is 0.417. The molecule has 0 saturated carbocycles. The molecule has 4 nitrogen and oxygen atoms in total. The van der Waals surface area contributed by atoms with Gasteiger partial charge in [0.1, 0.15) is 5.75 Å². The molecule has 1 aromatic carbocycles. The minimum atomic E-state index is -0.115. The van der Waals surface area contributed by atoms with E-state index in [9.17, 15) is 4.79 Å². The van der Waals surface area contributed by atoms with Gasteiger partial charge in [0.15, 0.2) is 6.61 Å². The molecule has 86 valence electrons. The van der Waals surface area contributed by atoms with Crippen molar-refractivity contribution in [3.8, 4) is 5.75 Å². The molecule has 0 bridgehead atoms. The van der Waals surface area contributed by atoms with Crippen molar-refractivity contribution in [2.45, 2.75) is 13.0 Å². The van der Waals surface area contributed by atoms with Crippen LogP contribution in [-0.4, -0.2) is 31.8 Å². The number of ether oxygens (including phenoxy) is 2. The molecule has 1 aliphatic rings. The number of hydrogen-bond donors (Lipinski definition) is 1. The lowest BCUT2D eigenvalue weighted by atomic mass is 10.2. The van der Waals surface area contributed by atoms with Crippen LogP contribution in [0.2, 0.25) is 0 Å². The maximum Gasteiger partial charge on any atom is 0.258 e. The van der Waals surface area contributed by atoms with Crippen molar-refractivity contribution in [2.24, 2.45) is 0 Å². The van der Waals surface area contributed by atoms with Gasteiger partial charge in [-0.3, -0.25) is 4.79 Å². The minimum Gasteiger partial charge on any atom is -0.484 e.